The van der Waals surface area contributed by atoms with Crippen LogP contribution >= 0.6 is 0 Å². The van der Waals surface area contributed by atoms with Crippen LogP contribution in [0.25, 0.3) is 5.57 Å². The Morgan fingerprint density at radius 3 is 2.53 bits per heavy atom. The van der Waals surface area contributed by atoms with E-state index in [-0.39, 0.29) is 0 Å². The molecule has 0 saturated carbocycles. The Bertz CT molecular complexity index is 395. The standard InChI is InChI=1S/C13H14FN/c1-4-11(6-5-10(2)3)12-7-8-13(14)15-9-12/h4-9H,1H2,2-3H3/b11-6+. The van der Waals surface area contributed by atoms with E-state index in [4.69, 9.17) is 0 Å². The number of pyridine rings is 1. The number of nitrogens with zero attached hydrogens (tertiary/aromatic N) is 1. The van der Waals surface area contributed by atoms with E-state index < -0.39 is 5.95 Å². The SMILES string of the molecule is C=C/C(=C\C=C(C)C)c1ccc(F)nc1. The molecule has 0 saturated heterocycles. The Kier molecular flexibility index (Phi) is 3.98. The smallest absolute Gasteiger partial charge is 0.212 e. The summed E-state index contributed by atoms with van der Waals surface area (Å²) >= 11 is 0. The molecular weight excluding hydrogens is 189 g/mol. The van der Waals surface area contributed by atoms with Gasteiger partial charge in [0, 0.05) is 11.8 Å². The summed E-state index contributed by atoms with van der Waals surface area (Å²) in [5, 5.41) is 0. The van der Waals surface area contributed by atoms with Crippen molar-refractivity contribution in [2.24, 2.45) is 0 Å². The molecule has 1 aromatic rings. The quantitative estimate of drug-likeness (QED) is 0.538. The van der Waals surface area contributed by atoms with Crippen molar-refractivity contribution in [3.8, 4) is 0 Å². The van der Waals surface area contributed by atoms with E-state index >= 15 is 0 Å². The Balaban J connectivity index is 3.02. The highest BCUT2D eigenvalue weighted by atomic mass is 19.1. The van der Waals surface area contributed by atoms with Crippen molar-refractivity contribution in [1.82, 2.24) is 4.98 Å². The normalized spacial score (nSPS) is 11.0. The van der Waals surface area contributed by atoms with Crippen molar-refractivity contribution < 1.29 is 4.39 Å². The summed E-state index contributed by atoms with van der Waals surface area (Å²) in [6.45, 7) is 7.75. The highest BCUT2D eigenvalue weighted by molar-refractivity contribution is 5.74. The minimum absolute atomic E-state index is 0.468. The summed E-state index contributed by atoms with van der Waals surface area (Å²) in [5.41, 5.74) is 3.00. The van der Waals surface area contributed by atoms with Crippen LogP contribution in [0.3, 0.4) is 0 Å². The van der Waals surface area contributed by atoms with Gasteiger partial charge in [-0.2, -0.15) is 4.39 Å². The fourth-order valence-electron chi connectivity index (χ4n) is 1.09. The van der Waals surface area contributed by atoms with Gasteiger partial charge in [-0.1, -0.05) is 30.4 Å². The van der Waals surface area contributed by atoms with Crippen molar-refractivity contribution in [3.05, 3.63) is 60.2 Å². The molecule has 0 aliphatic carbocycles. The summed E-state index contributed by atoms with van der Waals surface area (Å²) in [4.78, 5) is 3.60. The second-order valence-electron chi connectivity index (χ2n) is 3.44. The van der Waals surface area contributed by atoms with Gasteiger partial charge in [0.1, 0.15) is 0 Å². The third-order valence-corrected chi connectivity index (χ3v) is 1.88. The Morgan fingerprint density at radius 1 is 1.33 bits per heavy atom. The summed E-state index contributed by atoms with van der Waals surface area (Å²) in [7, 11) is 0. The molecule has 0 aliphatic heterocycles. The summed E-state index contributed by atoms with van der Waals surface area (Å²) in [5.74, 6) is -0.468. The van der Waals surface area contributed by atoms with E-state index in [9.17, 15) is 4.39 Å². The van der Waals surface area contributed by atoms with E-state index in [2.05, 4.69) is 11.6 Å². The van der Waals surface area contributed by atoms with Gasteiger partial charge >= 0.3 is 0 Å². The Labute approximate surface area is 89.7 Å². The molecule has 0 aromatic carbocycles. The van der Waals surface area contributed by atoms with Crippen molar-refractivity contribution in [2.45, 2.75) is 13.8 Å². The molecule has 0 spiro atoms. The van der Waals surface area contributed by atoms with Crippen LogP contribution in [0.15, 0.2) is 48.7 Å². The molecule has 0 N–H and O–H groups in total. The molecule has 1 aromatic heterocycles. The zero-order chi connectivity index (χ0) is 11.3. The minimum atomic E-state index is -0.468. The number of hydrogen-bond acceptors (Lipinski definition) is 1. The Hall–Kier alpha value is -1.70. The molecule has 2 heteroatoms. The van der Waals surface area contributed by atoms with Crippen molar-refractivity contribution >= 4 is 5.57 Å². The molecule has 1 heterocycles. The van der Waals surface area contributed by atoms with E-state index in [0.717, 1.165) is 11.1 Å². The fourth-order valence-corrected chi connectivity index (χ4v) is 1.09. The van der Waals surface area contributed by atoms with Gasteiger partial charge in [0.2, 0.25) is 5.95 Å². The number of allylic oxidation sites excluding steroid dienone is 5. The van der Waals surface area contributed by atoms with Crippen LogP contribution in [0, 0.1) is 5.95 Å². The van der Waals surface area contributed by atoms with E-state index in [1.165, 1.54) is 17.8 Å². The van der Waals surface area contributed by atoms with E-state index in [1.807, 2.05) is 26.0 Å². The Morgan fingerprint density at radius 2 is 2.07 bits per heavy atom. The first-order chi connectivity index (χ1) is 7.13. The van der Waals surface area contributed by atoms with Gasteiger partial charge in [-0.3, -0.25) is 0 Å². The predicted octanol–water partition coefficient (Wildman–Crippen LogP) is 3.76. The maximum atomic E-state index is 12.6. The molecule has 0 aliphatic rings. The maximum absolute atomic E-state index is 12.6. The average molecular weight is 203 g/mol. The summed E-state index contributed by atoms with van der Waals surface area (Å²) in [6, 6.07) is 3.03. The monoisotopic (exact) mass is 203 g/mol. The number of rotatable bonds is 3. The van der Waals surface area contributed by atoms with Gasteiger partial charge in [0.15, 0.2) is 0 Å². The first-order valence-corrected chi connectivity index (χ1v) is 4.73. The van der Waals surface area contributed by atoms with Crippen LogP contribution in [0.1, 0.15) is 19.4 Å². The van der Waals surface area contributed by atoms with Gasteiger partial charge in [0.05, 0.1) is 0 Å². The average Bonchev–Trinajstić information content (AvgIpc) is 2.21. The predicted molar refractivity (Wildman–Crippen MR) is 61.8 cm³/mol. The van der Waals surface area contributed by atoms with Crippen LogP contribution in [-0.2, 0) is 0 Å². The van der Waals surface area contributed by atoms with Gasteiger partial charge in [-0.05, 0) is 31.6 Å². The lowest BCUT2D eigenvalue weighted by molar-refractivity contribution is 0.583. The van der Waals surface area contributed by atoms with Crippen LogP contribution in [0.2, 0.25) is 0 Å². The lowest BCUT2D eigenvalue weighted by Gasteiger charge is -2.00. The van der Waals surface area contributed by atoms with Gasteiger partial charge < -0.3 is 0 Å². The maximum Gasteiger partial charge on any atom is 0.212 e. The topological polar surface area (TPSA) is 12.9 Å². The second-order valence-corrected chi connectivity index (χ2v) is 3.44. The van der Waals surface area contributed by atoms with Crippen LogP contribution in [-0.4, -0.2) is 4.98 Å². The van der Waals surface area contributed by atoms with Gasteiger partial charge in [0.25, 0.3) is 0 Å². The van der Waals surface area contributed by atoms with E-state index in [1.54, 1.807) is 12.1 Å². The van der Waals surface area contributed by atoms with Gasteiger partial charge in [-0.25, -0.2) is 4.98 Å². The first kappa shape index (κ1) is 11.4. The third kappa shape index (κ3) is 3.50. The molecule has 15 heavy (non-hydrogen) atoms. The molecule has 0 fully saturated rings. The van der Waals surface area contributed by atoms with Crippen LogP contribution < -0.4 is 0 Å². The molecule has 78 valence electrons. The lowest BCUT2D eigenvalue weighted by Crippen LogP contribution is -1.85. The minimum Gasteiger partial charge on any atom is -0.228 e. The van der Waals surface area contributed by atoms with Crippen molar-refractivity contribution in [1.29, 1.82) is 0 Å². The van der Waals surface area contributed by atoms with Crippen LogP contribution in [0.4, 0.5) is 4.39 Å². The zero-order valence-electron chi connectivity index (χ0n) is 9.00. The third-order valence-electron chi connectivity index (χ3n) is 1.88. The molecule has 0 unspecified atom stereocenters. The number of aromatic nitrogens is 1. The van der Waals surface area contributed by atoms with Crippen molar-refractivity contribution in [2.75, 3.05) is 0 Å². The molecule has 1 nitrogen and oxygen atoms in total. The molecule has 0 atom stereocenters. The van der Waals surface area contributed by atoms with Crippen molar-refractivity contribution in [3.63, 3.8) is 0 Å². The first-order valence-electron chi connectivity index (χ1n) is 4.73. The molecule has 1 rings (SSSR count). The van der Waals surface area contributed by atoms with Gasteiger partial charge in [-0.15, -0.1) is 0 Å². The summed E-state index contributed by atoms with van der Waals surface area (Å²) in [6.07, 6.45) is 7.16. The largest absolute Gasteiger partial charge is 0.228 e. The molecular formula is C13H14FN. The van der Waals surface area contributed by atoms with E-state index in [0.29, 0.717) is 0 Å². The highest BCUT2D eigenvalue weighted by Crippen LogP contribution is 2.14. The number of hydrogen-bond donors (Lipinski definition) is 0. The molecule has 0 amide bonds. The summed E-state index contributed by atoms with van der Waals surface area (Å²) < 4.78 is 12.6. The zero-order valence-corrected chi connectivity index (χ0v) is 9.00. The molecule has 0 radical (unpaired) electrons. The fraction of sp³-hybridized carbons (Fsp3) is 0.154. The van der Waals surface area contributed by atoms with Crippen LogP contribution in [0.5, 0.6) is 0 Å². The highest BCUT2D eigenvalue weighted by Gasteiger charge is 1.97. The lowest BCUT2D eigenvalue weighted by atomic mass is 10.1. The number of halogens is 1. The second kappa shape index (κ2) is 5.25. The molecule has 0 bridgehead atoms.